The van der Waals surface area contributed by atoms with Crippen LogP contribution in [0, 0.1) is 0 Å². The molecular weight excluding hydrogens is 314 g/mol. The molecule has 1 aliphatic heterocycles. The molecular formula is C18H18ClNO3. The third-order valence-electron chi connectivity index (χ3n) is 4.08. The van der Waals surface area contributed by atoms with E-state index in [4.69, 9.17) is 16.3 Å². The summed E-state index contributed by atoms with van der Waals surface area (Å²) in [6, 6.07) is 10.3. The molecule has 1 heterocycles. The van der Waals surface area contributed by atoms with Gasteiger partial charge in [-0.2, -0.15) is 0 Å². The first kappa shape index (κ1) is 15.7. The van der Waals surface area contributed by atoms with Crippen LogP contribution in [-0.2, 0) is 6.42 Å². The molecule has 120 valence electrons. The Balaban J connectivity index is 1.99. The van der Waals surface area contributed by atoms with Crippen LogP contribution in [0.3, 0.4) is 0 Å². The van der Waals surface area contributed by atoms with E-state index in [2.05, 4.69) is 0 Å². The second-order valence-corrected chi connectivity index (χ2v) is 6.01. The Morgan fingerprint density at radius 2 is 2.04 bits per heavy atom. The van der Waals surface area contributed by atoms with E-state index in [1.54, 1.807) is 17.0 Å². The molecule has 0 radical (unpaired) electrons. The molecule has 2 aromatic rings. The van der Waals surface area contributed by atoms with Crippen LogP contribution in [0.1, 0.15) is 28.8 Å². The van der Waals surface area contributed by atoms with Gasteiger partial charge in [-0.05, 0) is 61.2 Å². The summed E-state index contributed by atoms with van der Waals surface area (Å²) in [5.41, 5.74) is 2.49. The number of phenols is 1. The van der Waals surface area contributed by atoms with Crippen LogP contribution < -0.4 is 9.64 Å². The van der Waals surface area contributed by atoms with E-state index in [1.807, 2.05) is 18.2 Å². The molecule has 1 amide bonds. The number of rotatable bonds is 2. The Bertz CT molecular complexity index is 745. The molecule has 0 aromatic heterocycles. The van der Waals surface area contributed by atoms with Gasteiger partial charge in [0.05, 0.1) is 7.11 Å². The maximum atomic E-state index is 12.9. The highest BCUT2D eigenvalue weighted by Gasteiger charge is 2.23. The van der Waals surface area contributed by atoms with Gasteiger partial charge in [-0.15, -0.1) is 0 Å². The number of methoxy groups -OCH3 is 1. The van der Waals surface area contributed by atoms with Crippen molar-refractivity contribution >= 4 is 23.2 Å². The molecule has 0 spiro atoms. The van der Waals surface area contributed by atoms with Crippen LogP contribution in [0.25, 0.3) is 0 Å². The largest absolute Gasteiger partial charge is 0.504 e. The third kappa shape index (κ3) is 3.13. The highest BCUT2D eigenvalue weighted by Crippen LogP contribution is 2.32. The van der Waals surface area contributed by atoms with Gasteiger partial charge in [0.2, 0.25) is 0 Å². The lowest BCUT2D eigenvalue weighted by Crippen LogP contribution is -2.31. The van der Waals surface area contributed by atoms with Gasteiger partial charge in [0.1, 0.15) is 0 Å². The van der Waals surface area contributed by atoms with E-state index in [9.17, 15) is 9.90 Å². The summed E-state index contributed by atoms with van der Waals surface area (Å²) < 4.78 is 5.09. The maximum Gasteiger partial charge on any atom is 0.258 e. The molecule has 2 aromatic carbocycles. The number of nitrogens with zero attached hydrogens (tertiary/aromatic N) is 1. The molecule has 1 aliphatic rings. The van der Waals surface area contributed by atoms with Crippen molar-refractivity contribution in [2.24, 2.45) is 0 Å². The standard InChI is InChI=1S/C18H18ClNO3/c1-23-17-11-13(5-8-16(17)21)18(22)20-9-3-2-4-12-10-14(19)6-7-15(12)20/h5-8,10-11,21H,2-4,9H2,1H3. The molecule has 4 nitrogen and oxygen atoms in total. The van der Waals surface area contributed by atoms with Gasteiger partial charge in [-0.3, -0.25) is 4.79 Å². The number of anilines is 1. The van der Waals surface area contributed by atoms with Gasteiger partial charge >= 0.3 is 0 Å². The second kappa shape index (κ2) is 6.50. The fourth-order valence-electron chi connectivity index (χ4n) is 2.90. The molecule has 0 saturated heterocycles. The second-order valence-electron chi connectivity index (χ2n) is 5.57. The summed E-state index contributed by atoms with van der Waals surface area (Å²) in [5, 5.41) is 10.4. The zero-order valence-corrected chi connectivity index (χ0v) is 13.6. The first-order valence-corrected chi connectivity index (χ1v) is 7.95. The van der Waals surface area contributed by atoms with Crippen molar-refractivity contribution in [1.82, 2.24) is 0 Å². The molecule has 23 heavy (non-hydrogen) atoms. The minimum absolute atomic E-state index is 0.0205. The average molecular weight is 332 g/mol. The summed E-state index contributed by atoms with van der Waals surface area (Å²) >= 11 is 6.08. The highest BCUT2D eigenvalue weighted by molar-refractivity contribution is 6.30. The number of hydrogen-bond acceptors (Lipinski definition) is 3. The van der Waals surface area contributed by atoms with Gasteiger partial charge in [-0.1, -0.05) is 11.6 Å². The fourth-order valence-corrected chi connectivity index (χ4v) is 3.10. The van der Waals surface area contributed by atoms with Crippen molar-refractivity contribution in [3.8, 4) is 11.5 Å². The van der Waals surface area contributed by atoms with Crippen LogP contribution in [0.2, 0.25) is 5.02 Å². The van der Waals surface area contributed by atoms with Crippen molar-refractivity contribution in [2.45, 2.75) is 19.3 Å². The van der Waals surface area contributed by atoms with E-state index in [1.165, 1.54) is 13.2 Å². The number of ether oxygens (including phenoxy) is 1. The predicted molar refractivity (Wildman–Crippen MR) is 90.7 cm³/mol. The maximum absolute atomic E-state index is 12.9. The molecule has 0 fully saturated rings. The lowest BCUT2D eigenvalue weighted by atomic mass is 10.1. The van der Waals surface area contributed by atoms with Gasteiger partial charge in [0.25, 0.3) is 5.91 Å². The van der Waals surface area contributed by atoms with E-state index in [0.29, 0.717) is 22.9 Å². The molecule has 5 heteroatoms. The van der Waals surface area contributed by atoms with E-state index in [-0.39, 0.29) is 11.7 Å². The first-order chi connectivity index (χ1) is 11.1. The van der Waals surface area contributed by atoms with E-state index in [0.717, 1.165) is 30.5 Å². The number of fused-ring (bicyclic) bond motifs is 1. The van der Waals surface area contributed by atoms with Crippen LogP contribution in [0.5, 0.6) is 11.5 Å². The SMILES string of the molecule is COc1cc(C(=O)N2CCCCc3cc(Cl)ccc32)ccc1O. The molecule has 3 rings (SSSR count). The number of halogens is 1. The zero-order chi connectivity index (χ0) is 16.4. The van der Waals surface area contributed by atoms with Gasteiger partial charge in [-0.25, -0.2) is 0 Å². The Morgan fingerprint density at radius 1 is 1.22 bits per heavy atom. The fraction of sp³-hybridized carbons (Fsp3) is 0.278. The number of hydrogen-bond donors (Lipinski definition) is 1. The van der Waals surface area contributed by atoms with Crippen molar-refractivity contribution in [3.05, 3.63) is 52.5 Å². The number of aryl methyl sites for hydroxylation is 1. The summed E-state index contributed by atoms with van der Waals surface area (Å²) in [6.45, 7) is 0.663. The van der Waals surface area contributed by atoms with Crippen LogP contribution in [0.4, 0.5) is 5.69 Å². The topological polar surface area (TPSA) is 49.8 Å². The minimum atomic E-state index is -0.103. The van der Waals surface area contributed by atoms with E-state index >= 15 is 0 Å². The Labute approximate surface area is 140 Å². The van der Waals surface area contributed by atoms with Crippen LogP contribution >= 0.6 is 11.6 Å². The molecule has 0 saturated carbocycles. The molecule has 0 atom stereocenters. The molecule has 0 unspecified atom stereocenters. The predicted octanol–water partition coefficient (Wildman–Crippen LogP) is 4.04. The van der Waals surface area contributed by atoms with Crippen molar-refractivity contribution < 1.29 is 14.6 Å². The molecule has 0 bridgehead atoms. The number of carbonyl (C=O) groups excluding carboxylic acids is 1. The van der Waals surface area contributed by atoms with Gasteiger partial charge < -0.3 is 14.7 Å². The van der Waals surface area contributed by atoms with Crippen LogP contribution in [-0.4, -0.2) is 24.7 Å². The summed E-state index contributed by atoms with van der Waals surface area (Å²) in [6.07, 6.45) is 2.88. The molecule has 1 N–H and O–H groups in total. The Kier molecular flexibility index (Phi) is 4.44. The number of benzene rings is 2. The third-order valence-corrected chi connectivity index (χ3v) is 4.32. The molecule has 0 aliphatic carbocycles. The lowest BCUT2D eigenvalue weighted by molar-refractivity contribution is 0.0986. The van der Waals surface area contributed by atoms with Crippen molar-refractivity contribution in [1.29, 1.82) is 0 Å². The quantitative estimate of drug-likeness (QED) is 0.903. The Hall–Kier alpha value is -2.20. The number of phenolic OH excluding ortho intramolecular Hbond substituents is 1. The van der Waals surface area contributed by atoms with Gasteiger partial charge in [0.15, 0.2) is 11.5 Å². The summed E-state index contributed by atoms with van der Waals surface area (Å²) in [4.78, 5) is 14.7. The number of carbonyl (C=O) groups is 1. The number of amides is 1. The Morgan fingerprint density at radius 3 is 2.83 bits per heavy atom. The average Bonchev–Trinajstić information content (AvgIpc) is 2.76. The normalized spacial score (nSPS) is 14.1. The van der Waals surface area contributed by atoms with E-state index < -0.39 is 0 Å². The van der Waals surface area contributed by atoms with Crippen molar-refractivity contribution in [2.75, 3.05) is 18.6 Å². The van der Waals surface area contributed by atoms with Crippen LogP contribution in [0.15, 0.2) is 36.4 Å². The highest BCUT2D eigenvalue weighted by atomic mass is 35.5. The minimum Gasteiger partial charge on any atom is -0.504 e. The summed E-state index contributed by atoms with van der Waals surface area (Å²) in [5.74, 6) is 0.211. The smallest absolute Gasteiger partial charge is 0.258 e. The zero-order valence-electron chi connectivity index (χ0n) is 12.9. The lowest BCUT2D eigenvalue weighted by Gasteiger charge is -2.23. The van der Waals surface area contributed by atoms with Gasteiger partial charge in [0, 0.05) is 22.8 Å². The number of aromatic hydroxyl groups is 1. The first-order valence-electron chi connectivity index (χ1n) is 7.57. The summed E-state index contributed by atoms with van der Waals surface area (Å²) in [7, 11) is 1.46. The monoisotopic (exact) mass is 331 g/mol. The van der Waals surface area contributed by atoms with Crippen molar-refractivity contribution in [3.63, 3.8) is 0 Å².